The first-order valence-corrected chi connectivity index (χ1v) is 10.7. The molecule has 1 aliphatic heterocycles. The Balaban J connectivity index is 1.30. The Morgan fingerprint density at radius 3 is 2.47 bits per heavy atom. The van der Waals surface area contributed by atoms with Crippen molar-refractivity contribution in [2.75, 3.05) is 25.0 Å². The smallest absolute Gasteiger partial charge is 0.259 e. The quantitative estimate of drug-likeness (QED) is 0.592. The molecular formula is C23H28FN5O. The number of nitrogens with one attached hydrogen (secondary N) is 1. The van der Waals surface area contributed by atoms with Crippen molar-refractivity contribution < 1.29 is 8.91 Å². The number of halogens is 1. The van der Waals surface area contributed by atoms with Crippen molar-refractivity contribution in [1.82, 2.24) is 20.0 Å². The zero-order valence-electron chi connectivity index (χ0n) is 17.4. The first-order chi connectivity index (χ1) is 14.7. The zero-order chi connectivity index (χ0) is 20.8. The Hall–Kier alpha value is -2.80. The second kappa shape index (κ2) is 9.80. The van der Waals surface area contributed by atoms with E-state index in [1.165, 1.54) is 50.9 Å². The highest BCUT2D eigenvalue weighted by atomic mass is 19.1. The van der Waals surface area contributed by atoms with Gasteiger partial charge in [-0.15, -0.1) is 0 Å². The molecule has 0 amide bonds. The molecule has 1 N–H and O–H groups in total. The average molecular weight is 410 g/mol. The predicted molar refractivity (Wildman–Crippen MR) is 116 cm³/mol. The van der Waals surface area contributed by atoms with Gasteiger partial charge in [-0.25, -0.2) is 9.37 Å². The van der Waals surface area contributed by atoms with Gasteiger partial charge in [0.05, 0.1) is 5.56 Å². The van der Waals surface area contributed by atoms with Gasteiger partial charge in [0, 0.05) is 24.3 Å². The number of anilines is 1. The number of benzene rings is 1. The van der Waals surface area contributed by atoms with E-state index in [0.29, 0.717) is 23.3 Å². The van der Waals surface area contributed by atoms with E-state index >= 15 is 0 Å². The summed E-state index contributed by atoms with van der Waals surface area (Å²) in [5.41, 5.74) is 1.45. The first-order valence-electron chi connectivity index (χ1n) is 10.7. The molecule has 1 aliphatic rings. The molecule has 0 radical (unpaired) electrons. The summed E-state index contributed by atoms with van der Waals surface area (Å²) in [7, 11) is 0. The van der Waals surface area contributed by atoms with Gasteiger partial charge in [-0.05, 0) is 75.7 Å². The minimum absolute atomic E-state index is 0.296. The summed E-state index contributed by atoms with van der Waals surface area (Å²) in [5, 5.41) is 7.38. The van der Waals surface area contributed by atoms with Crippen molar-refractivity contribution >= 4 is 5.82 Å². The van der Waals surface area contributed by atoms with Gasteiger partial charge in [0.2, 0.25) is 5.82 Å². The fraction of sp³-hybridized carbons (Fsp3) is 0.435. The van der Waals surface area contributed by atoms with Gasteiger partial charge in [-0.1, -0.05) is 18.0 Å². The van der Waals surface area contributed by atoms with Gasteiger partial charge < -0.3 is 14.7 Å². The van der Waals surface area contributed by atoms with E-state index in [2.05, 4.69) is 32.3 Å². The average Bonchev–Trinajstić information content (AvgIpc) is 3.09. The summed E-state index contributed by atoms with van der Waals surface area (Å²) >= 11 is 0. The molecule has 7 heteroatoms. The fourth-order valence-electron chi connectivity index (χ4n) is 3.81. The van der Waals surface area contributed by atoms with Crippen LogP contribution in [0, 0.1) is 5.82 Å². The lowest BCUT2D eigenvalue weighted by Gasteiger charge is -2.27. The maximum absolute atomic E-state index is 13.1. The summed E-state index contributed by atoms with van der Waals surface area (Å²) in [5.74, 6) is 1.36. The molecule has 30 heavy (non-hydrogen) atoms. The maximum Gasteiger partial charge on any atom is 0.259 e. The van der Waals surface area contributed by atoms with E-state index in [1.54, 1.807) is 18.3 Å². The fourth-order valence-corrected chi connectivity index (χ4v) is 3.81. The van der Waals surface area contributed by atoms with Crippen molar-refractivity contribution in [2.24, 2.45) is 0 Å². The maximum atomic E-state index is 13.1. The van der Waals surface area contributed by atoms with Gasteiger partial charge >= 0.3 is 0 Å². The van der Waals surface area contributed by atoms with E-state index in [4.69, 9.17) is 4.52 Å². The highest BCUT2D eigenvalue weighted by molar-refractivity contribution is 5.60. The highest BCUT2D eigenvalue weighted by Gasteiger charge is 2.15. The molecule has 6 nitrogen and oxygen atoms in total. The van der Waals surface area contributed by atoms with Crippen molar-refractivity contribution in [3.05, 3.63) is 48.4 Å². The minimum atomic E-state index is -0.296. The summed E-state index contributed by atoms with van der Waals surface area (Å²) in [6.07, 6.45) is 8.18. The third-order valence-corrected chi connectivity index (χ3v) is 5.67. The Morgan fingerprint density at radius 1 is 1.03 bits per heavy atom. The van der Waals surface area contributed by atoms with Crippen molar-refractivity contribution in [3.8, 4) is 22.8 Å². The molecule has 0 aliphatic carbocycles. The summed E-state index contributed by atoms with van der Waals surface area (Å²) in [4.78, 5) is 11.5. The van der Waals surface area contributed by atoms with E-state index < -0.39 is 0 Å². The van der Waals surface area contributed by atoms with Crippen LogP contribution in [0.15, 0.2) is 47.1 Å². The Morgan fingerprint density at radius 2 is 1.77 bits per heavy atom. The Kier molecular flexibility index (Phi) is 6.69. The van der Waals surface area contributed by atoms with Crippen LogP contribution in [0.3, 0.4) is 0 Å². The predicted octanol–water partition coefficient (Wildman–Crippen LogP) is 5.00. The van der Waals surface area contributed by atoms with E-state index in [-0.39, 0.29) is 5.82 Å². The Bertz CT molecular complexity index is 918. The van der Waals surface area contributed by atoms with E-state index in [9.17, 15) is 4.39 Å². The van der Waals surface area contributed by atoms with Crippen LogP contribution in [0.2, 0.25) is 0 Å². The molecular weight excluding hydrogens is 381 g/mol. The summed E-state index contributed by atoms with van der Waals surface area (Å²) in [6, 6.07) is 10.4. The molecule has 0 spiro atoms. The number of hydrogen-bond acceptors (Lipinski definition) is 6. The number of nitrogens with zero attached hydrogens (tertiary/aromatic N) is 4. The number of likely N-dealkylation sites (tertiary alicyclic amines) is 1. The van der Waals surface area contributed by atoms with Crippen LogP contribution in [0.5, 0.6) is 0 Å². The third-order valence-electron chi connectivity index (χ3n) is 5.67. The van der Waals surface area contributed by atoms with Gasteiger partial charge in [0.25, 0.3) is 5.89 Å². The van der Waals surface area contributed by atoms with Gasteiger partial charge in [-0.2, -0.15) is 4.98 Å². The summed E-state index contributed by atoms with van der Waals surface area (Å²) in [6.45, 7) is 5.65. The molecule has 3 aromatic rings. The van der Waals surface area contributed by atoms with Crippen molar-refractivity contribution in [2.45, 2.75) is 45.1 Å². The molecule has 2 aromatic heterocycles. The molecule has 1 fully saturated rings. The van der Waals surface area contributed by atoms with Crippen LogP contribution in [-0.2, 0) is 0 Å². The van der Waals surface area contributed by atoms with Crippen LogP contribution in [0.4, 0.5) is 10.2 Å². The number of rotatable bonds is 7. The molecule has 0 saturated carbocycles. The molecule has 1 saturated heterocycles. The molecule has 0 bridgehead atoms. The topological polar surface area (TPSA) is 67.1 Å². The number of pyridine rings is 1. The lowest BCUT2D eigenvalue weighted by molar-refractivity contribution is 0.210. The molecule has 3 heterocycles. The largest absolute Gasteiger partial charge is 0.370 e. The van der Waals surface area contributed by atoms with E-state index in [0.717, 1.165) is 24.3 Å². The molecule has 4 rings (SSSR count). The van der Waals surface area contributed by atoms with Crippen LogP contribution in [-0.4, -0.2) is 45.7 Å². The van der Waals surface area contributed by atoms with Crippen LogP contribution in [0.25, 0.3) is 22.8 Å². The second-order valence-corrected chi connectivity index (χ2v) is 7.88. The standard InChI is InChI=1S/C23H28FN5O/c1-17(29-14-4-2-3-5-15-29)12-13-25-21-11-8-19(16-26-21)23-27-22(28-30-23)18-6-9-20(24)10-7-18/h6-11,16-17H,2-5,12-15H2,1H3,(H,25,26). The van der Waals surface area contributed by atoms with Gasteiger partial charge in [0.1, 0.15) is 11.6 Å². The normalized spacial score (nSPS) is 16.2. The first kappa shape index (κ1) is 20.5. The Labute approximate surface area is 176 Å². The van der Waals surface area contributed by atoms with Crippen LogP contribution in [0.1, 0.15) is 39.0 Å². The SMILES string of the molecule is CC(CCNc1ccc(-c2nc(-c3ccc(F)cc3)no2)cn1)N1CCCCCC1. The molecule has 158 valence electrons. The van der Waals surface area contributed by atoms with E-state index in [1.807, 2.05) is 12.1 Å². The molecule has 1 unspecified atom stereocenters. The minimum Gasteiger partial charge on any atom is -0.370 e. The van der Waals surface area contributed by atoms with Gasteiger partial charge in [-0.3, -0.25) is 0 Å². The summed E-state index contributed by atoms with van der Waals surface area (Å²) < 4.78 is 18.4. The molecule has 1 atom stereocenters. The second-order valence-electron chi connectivity index (χ2n) is 7.88. The monoisotopic (exact) mass is 409 g/mol. The van der Waals surface area contributed by atoms with Crippen molar-refractivity contribution in [3.63, 3.8) is 0 Å². The number of hydrogen-bond donors (Lipinski definition) is 1. The van der Waals surface area contributed by atoms with Gasteiger partial charge in [0.15, 0.2) is 0 Å². The third kappa shape index (κ3) is 5.21. The van der Waals surface area contributed by atoms with Crippen molar-refractivity contribution in [1.29, 1.82) is 0 Å². The highest BCUT2D eigenvalue weighted by Crippen LogP contribution is 2.22. The van der Waals surface area contributed by atoms with Crippen LogP contribution >= 0.6 is 0 Å². The zero-order valence-corrected chi connectivity index (χ0v) is 17.4. The lowest BCUT2D eigenvalue weighted by atomic mass is 10.2. The molecule has 1 aromatic carbocycles. The van der Waals surface area contributed by atoms with Crippen LogP contribution < -0.4 is 5.32 Å². The lowest BCUT2D eigenvalue weighted by Crippen LogP contribution is -2.35. The number of aromatic nitrogens is 3.